The van der Waals surface area contributed by atoms with Gasteiger partial charge in [-0.1, -0.05) is 19.8 Å². The van der Waals surface area contributed by atoms with Crippen LogP contribution in [0.4, 0.5) is 11.6 Å². The Kier molecular flexibility index (Phi) is 3.82. The molecule has 94 valence electrons. The van der Waals surface area contributed by atoms with E-state index in [1.807, 2.05) is 7.05 Å². The van der Waals surface area contributed by atoms with Crippen LogP contribution >= 0.6 is 0 Å². The van der Waals surface area contributed by atoms with Gasteiger partial charge in [0.05, 0.1) is 0 Å². The van der Waals surface area contributed by atoms with Gasteiger partial charge >= 0.3 is 0 Å². The number of nitrogens with zero attached hydrogens (tertiary/aromatic N) is 2. The Morgan fingerprint density at radius 3 is 2.59 bits per heavy atom. The number of hydrogen-bond donors (Lipinski definition) is 2. The zero-order valence-corrected chi connectivity index (χ0v) is 11.0. The molecule has 1 fully saturated rings. The molecule has 1 saturated carbocycles. The van der Waals surface area contributed by atoms with Crippen LogP contribution in [0.5, 0.6) is 0 Å². The molecular formula is C13H22N4. The van der Waals surface area contributed by atoms with E-state index in [1.54, 1.807) is 6.33 Å². The average Bonchev–Trinajstić information content (AvgIpc) is 2.34. The molecule has 17 heavy (non-hydrogen) atoms. The van der Waals surface area contributed by atoms with E-state index in [0.29, 0.717) is 6.04 Å². The zero-order chi connectivity index (χ0) is 12.3. The van der Waals surface area contributed by atoms with Gasteiger partial charge in [-0.3, -0.25) is 0 Å². The van der Waals surface area contributed by atoms with Gasteiger partial charge < -0.3 is 10.6 Å². The molecule has 1 aromatic rings. The van der Waals surface area contributed by atoms with Crippen molar-refractivity contribution in [3.63, 3.8) is 0 Å². The second-order valence-electron chi connectivity index (χ2n) is 4.96. The van der Waals surface area contributed by atoms with Crippen molar-refractivity contribution in [2.45, 2.75) is 45.6 Å². The van der Waals surface area contributed by atoms with E-state index < -0.39 is 0 Å². The maximum atomic E-state index is 4.35. The molecule has 0 aliphatic heterocycles. The number of nitrogens with one attached hydrogen (secondary N) is 2. The summed E-state index contributed by atoms with van der Waals surface area (Å²) in [6.07, 6.45) is 6.88. The number of rotatable bonds is 3. The van der Waals surface area contributed by atoms with E-state index in [2.05, 4.69) is 34.4 Å². The van der Waals surface area contributed by atoms with Crippen LogP contribution in [0.25, 0.3) is 0 Å². The predicted molar refractivity (Wildman–Crippen MR) is 71.4 cm³/mol. The number of aromatic nitrogens is 2. The molecule has 4 nitrogen and oxygen atoms in total. The molecule has 0 aromatic carbocycles. The lowest BCUT2D eigenvalue weighted by Gasteiger charge is -2.30. The van der Waals surface area contributed by atoms with Gasteiger partial charge in [0.25, 0.3) is 0 Å². The van der Waals surface area contributed by atoms with Crippen molar-refractivity contribution in [1.82, 2.24) is 9.97 Å². The highest BCUT2D eigenvalue weighted by Gasteiger charge is 2.22. The Labute approximate surface area is 103 Å². The third-order valence-electron chi connectivity index (χ3n) is 3.75. The van der Waals surface area contributed by atoms with Crippen LogP contribution in [-0.4, -0.2) is 23.1 Å². The summed E-state index contributed by atoms with van der Waals surface area (Å²) in [4.78, 5) is 8.56. The van der Waals surface area contributed by atoms with Gasteiger partial charge in [-0.25, -0.2) is 9.97 Å². The largest absolute Gasteiger partial charge is 0.373 e. The molecule has 0 radical (unpaired) electrons. The van der Waals surface area contributed by atoms with Gasteiger partial charge in [0.2, 0.25) is 0 Å². The highest BCUT2D eigenvalue weighted by molar-refractivity contribution is 5.56. The molecule has 0 spiro atoms. The fourth-order valence-electron chi connectivity index (χ4n) is 2.55. The van der Waals surface area contributed by atoms with Gasteiger partial charge in [0.1, 0.15) is 18.0 Å². The van der Waals surface area contributed by atoms with Crippen molar-refractivity contribution in [2.24, 2.45) is 5.92 Å². The molecule has 1 heterocycles. The fraction of sp³-hybridized carbons (Fsp3) is 0.692. The summed E-state index contributed by atoms with van der Waals surface area (Å²) in [6.45, 7) is 4.38. The van der Waals surface area contributed by atoms with Crippen LogP contribution in [-0.2, 0) is 0 Å². The average molecular weight is 234 g/mol. The molecule has 0 saturated heterocycles. The molecule has 2 N–H and O–H groups in total. The van der Waals surface area contributed by atoms with Gasteiger partial charge in [0.15, 0.2) is 0 Å². The molecule has 1 aliphatic carbocycles. The van der Waals surface area contributed by atoms with Gasteiger partial charge in [-0.05, 0) is 25.7 Å². The van der Waals surface area contributed by atoms with Crippen LogP contribution in [0, 0.1) is 12.8 Å². The van der Waals surface area contributed by atoms with E-state index in [9.17, 15) is 0 Å². The Morgan fingerprint density at radius 2 is 1.88 bits per heavy atom. The monoisotopic (exact) mass is 234 g/mol. The first-order valence-electron chi connectivity index (χ1n) is 6.48. The molecular weight excluding hydrogens is 212 g/mol. The molecule has 0 amide bonds. The SMILES string of the molecule is CNc1ncnc(NC2CCCCC2C)c1C. The van der Waals surface area contributed by atoms with Crippen LogP contribution in [0.1, 0.15) is 38.2 Å². The maximum absolute atomic E-state index is 4.35. The van der Waals surface area contributed by atoms with Crippen LogP contribution in [0.2, 0.25) is 0 Å². The molecule has 0 bridgehead atoms. The summed E-state index contributed by atoms with van der Waals surface area (Å²) in [5, 5.41) is 6.68. The summed E-state index contributed by atoms with van der Waals surface area (Å²) in [6, 6.07) is 0.557. The second kappa shape index (κ2) is 5.34. The summed E-state index contributed by atoms with van der Waals surface area (Å²) < 4.78 is 0. The normalized spacial score (nSPS) is 24.4. The quantitative estimate of drug-likeness (QED) is 0.844. The minimum atomic E-state index is 0.557. The second-order valence-corrected chi connectivity index (χ2v) is 4.96. The maximum Gasteiger partial charge on any atom is 0.134 e. The summed E-state index contributed by atoms with van der Waals surface area (Å²) in [7, 11) is 1.89. The van der Waals surface area contributed by atoms with Crippen LogP contribution in [0.3, 0.4) is 0 Å². The molecule has 2 unspecified atom stereocenters. The Balaban J connectivity index is 2.12. The standard InChI is InChI=1S/C13H22N4/c1-9-6-4-5-7-11(9)17-13-10(2)12(14-3)15-8-16-13/h8-9,11H,4-7H2,1-3H3,(H2,14,15,16,17). The first-order valence-corrected chi connectivity index (χ1v) is 6.48. The van der Waals surface area contributed by atoms with E-state index in [0.717, 1.165) is 23.1 Å². The van der Waals surface area contributed by atoms with Crippen LogP contribution in [0.15, 0.2) is 6.33 Å². The Hall–Kier alpha value is -1.32. The minimum absolute atomic E-state index is 0.557. The molecule has 4 heteroatoms. The van der Waals surface area contributed by atoms with Gasteiger partial charge in [-0.15, -0.1) is 0 Å². The van der Waals surface area contributed by atoms with Crippen molar-refractivity contribution < 1.29 is 0 Å². The first-order chi connectivity index (χ1) is 8.22. The first kappa shape index (κ1) is 12.1. The summed E-state index contributed by atoms with van der Waals surface area (Å²) in [5.41, 5.74) is 1.10. The van der Waals surface area contributed by atoms with Crippen molar-refractivity contribution in [2.75, 3.05) is 17.7 Å². The lowest BCUT2D eigenvalue weighted by atomic mass is 9.86. The highest BCUT2D eigenvalue weighted by atomic mass is 15.1. The predicted octanol–water partition coefficient (Wildman–Crippen LogP) is 2.82. The van der Waals surface area contributed by atoms with E-state index in [-0.39, 0.29) is 0 Å². The molecule has 2 rings (SSSR count). The van der Waals surface area contributed by atoms with Crippen LogP contribution < -0.4 is 10.6 Å². The summed E-state index contributed by atoms with van der Waals surface area (Å²) in [5.74, 6) is 2.62. The molecule has 2 atom stereocenters. The Morgan fingerprint density at radius 1 is 1.18 bits per heavy atom. The fourth-order valence-corrected chi connectivity index (χ4v) is 2.55. The minimum Gasteiger partial charge on any atom is -0.373 e. The third-order valence-corrected chi connectivity index (χ3v) is 3.75. The van der Waals surface area contributed by atoms with Crippen molar-refractivity contribution >= 4 is 11.6 Å². The van der Waals surface area contributed by atoms with E-state index in [4.69, 9.17) is 0 Å². The smallest absolute Gasteiger partial charge is 0.134 e. The zero-order valence-electron chi connectivity index (χ0n) is 11.0. The van der Waals surface area contributed by atoms with E-state index >= 15 is 0 Å². The lowest BCUT2D eigenvalue weighted by molar-refractivity contribution is 0.349. The van der Waals surface area contributed by atoms with E-state index in [1.165, 1.54) is 25.7 Å². The van der Waals surface area contributed by atoms with Gasteiger partial charge in [-0.2, -0.15) is 0 Å². The van der Waals surface area contributed by atoms with Crippen molar-refractivity contribution in [3.05, 3.63) is 11.9 Å². The third kappa shape index (κ3) is 2.68. The van der Waals surface area contributed by atoms with Crippen molar-refractivity contribution in [1.29, 1.82) is 0 Å². The number of anilines is 2. The van der Waals surface area contributed by atoms with Crippen molar-refractivity contribution in [3.8, 4) is 0 Å². The Bertz CT molecular complexity index is 378. The lowest BCUT2D eigenvalue weighted by Crippen LogP contribution is -2.31. The molecule has 1 aromatic heterocycles. The highest BCUT2D eigenvalue weighted by Crippen LogP contribution is 2.28. The van der Waals surface area contributed by atoms with Gasteiger partial charge in [0, 0.05) is 18.7 Å². The molecule has 1 aliphatic rings. The summed E-state index contributed by atoms with van der Waals surface area (Å²) >= 11 is 0. The number of hydrogen-bond acceptors (Lipinski definition) is 4. The topological polar surface area (TPSA) is 49.8 Å².